The van der Waals surface area contributed by atoms with Gasteiger partial charge >= 0.3 is 12.0 Å². The third-order valence-electron chi connectivity index (χ3n) is 3.08. The Morgan fingerprint density at radius 3 is 2.48 bits per heavy atom. The predicted molar refractivity (Wildman–Crippen MR) is 79.0 cm³/mol. The summed E-state index contributed by atoms with van der Waals surface area (Å²) in [5.74, 6) is -1.04. The Morgan fingerprint density at radius 2 is 1.95 bits per heavy atom. The van der Waals surface area contributed by atoms with E-state index >= 15 is 0 Å². The summed E-state index contributed by atoms with van der Waals surface area (Å²) < 4.78 is 5.23. The van der Waals surface area contributed by atoms with Gasteiger partial charge in [-0.15, -0.1) is 0 Å². The van der Waals surface area contributed by atoms with Crippen molar-refractivity contribution in [3.8, 4) is 0 Å². The number of carbonyl (C=O) groups excluding carboxylic acids is 1. The Bertz CT molecular complexity index is 553. The van der Waals surface area contributed by atoms with Crippen LogP contribution < -0.4 is 5.32 Å². The van der Waals surface area contributed by atoms with Crippen LogP contribution in [0.4, 0.5) is 10.5 Å². The Hall–Kier alpha value is -1.50. The van der Waals surface area contributed by atoms with Gasteiger partial charge in [-0.1, -0.05) is 29.3 Å². The number of hydrogen-bond donors (Lipinski definition) is 2. The first-order valence-corrected chi connectivity index (χ1v) is 6.92. The molecule has 8 heteroatoms. The number of nitrogens with one attached hydrogen (secondary N) is 1. The number of likely N-dealkylation sites (tertiary alicyclic amines) is 1. The van der Waals surface area contributed by atoms with E-state index in [2.05, 4.69) is 5.32 Å². The van der Waals surface area contributed by atoms with Crippen molar-refractivity contribution in [2.45, 2.75) is 12.5 Å². The Labute approximate surface area is 131 Å². The van der Waals surface area contributed by atoms with Gasteiger partial charge in [0, 0.05) is 0 Å². The molecule has 1 aromatic carbocycles. The highest BCUT2D eigenvalue weighted by Crippen LogP contribution is 2.31. The average molecular weight is 333 g/mol. The van der Waals surface area contributed by atoms with Gasteiger partial charge in [0.1, 0.15) is 12.2 Å². The molecule has 1 heterocycles. The van der Waals surface area contributed by atoms with Crippen LogP contribution in [0.5, 0.6) is 0 Å². The second kappa shape index (κ2) is 6.09. The van der Waals surface area contributed by atoms with Gasteiger partial charge in [0.2, 0.25) is 0 Å². The molecular formula is C13H14Cl2N2O4. The predicted octanol–water partition coefficient (Wildman–Crippen LogP) is 2.70. The molecule has 0 aromatic heterocycles. The number of nitrogens with zero attached hydrogens (tertiary/aromatic N) is 1. The molecule has 2 rings (SSSR count). The molecule has 1 aliphatic heterocycles. The van der Waals surface area contributed by atoms with Gasteiger partial charge in [-0.2, -0.15) is 0 Å². The highest BCUT2D eigenvalue weighted by molar-refractivity contribution is 6.39. The largest absolute Gasteiger partial charge is 0.480 e. The number of anilines is 1. The number of rotatable bonds is 4. The van der Waals surface area contributed by atoms with Crippen molar-refractivity contribution < 1.29 is 19.4 Å². The lowest BCUT2D eigenvalue weighted by Gasteiger charge is -2.46. The van der Waals surface area contributed by atoms with Gasteiger partial charge in [0.15, 0.2) is 0 Å². The Balaban J connectivity index is 1.91. The first-order valence-electron chi connectivity index (χ1n) is 6.16. The van der Waals surface area contributed by atoms with Gasteiger partial charge < -0.3 is 20.1 Å². The number of para-hydroxylation sites is 1. The number of carbonyl (C=O) groups is 2. The highest BCUT2D eigenvalue weighted by Gasteiger charge is 2.43. The summed E-state index contributed by atoms with van der Waals surface area (Å²) in [7, 11) is 0. The van der Waals surface area contributed by atoms with Crippen LogP contribution in [0.3, 0.4) is 0 Å². The molecule has 6 nitrogen and oxygen atoms in total. The van der Waals surface area contributed by atoms with Crippen molar-refractivity contribution in [3.63, 3.8) is 0 Å². The minimum atomic E-state index is -1.04. The number of ether oxygens (including phenoxy) is 1. The second-order valence-electron chi connectivity index (χ2n) is 5.02. The van der Waals surface area contributed by atoms with Crippen molar-refractivity contribution in [2.24, 2.45) is 0 Å². The van der Waals surface area contributed by atoms with Crippen molar-refractivity contribution in [1.29, 1.82) is 0 Å². The highest BCUT2D eigenvalue weighted by atomic mass is 35.5. The smallest absolute Gasteiger partial charge is 0.329 e. The van der Waals surface area contributed by atoms with Gasteiger partial charge in [-0.25, -0.2) is 9.59 Å². The van der Waals surface area contributed by atoms with E-state index in [9.17, 15) is 9.59 Å². The number of aliphatic carboxylic acids is 1. The molecule has 0 bridgehead atoms. The standard InChI is InChI=1S/C13H14Cl2N2O4/c1-13(21-5-10(18)19)6-17(7-13)12(20)16-11-8(14)3-2-4-9(11)15/h2-4H,5-7H2,1H3,(H,16,20)(H,18,19). The van der Waals surface area contributed by atoms with Gasteiger partial charge in [-0.3, -0.25) is 0 Å². The van der Waals surface area contributed by atoms with Gasteiger partial charge in [0.25, 0.3) is 0 Å². The summed E-state index contributed by atoms with van der Waals surface area (Å²) in [6.45, 7) is 1.97. The summed E-state index contributed by atoms with van der Waals surface area (Å²) in [5.41, 5.74) is -0.286. The summed E-state index contributed by atoms with van der Waals surface area (Å²) in [6, 6.07) is 4.57. The molecular weight excluding hydrogens is 319 g/mol. The SMILES string of the molecule is CC1(OCC(=O)O)CN(C(=O)Nc2c(Cl)cccc2Cl)C1. The number of amides is 2. The summed E-state index contributed by atoms with van der Waals surface area (Å²) in [5, 5.41) is 11.9. The van der Waals surface area contributed by atoms with E-state index in [1.165, 1.54) is 4.90 Å². The maximum atomic E-state index is 12.1. The van der Waals surface area contributed by atoms with E-state index in [0.717, 1.165) is 0 Å². The quantitative estimate of drug-likeness (QED) is 0.888. The van der Waals surface area contributed by atoms with Gasteiger partial charge in [-0.05, 0) is 19.1 Å². The first kappa shape index (κ1) is 15.9. The van der Waals surface area contributed by atoms with Crippen LogP contribution in [-0.2, 0) is 9.53 Å². The molecule has 1 aromatic rings. The van der Waals surface area contributed by atoms with Crippen LogP contribution in [0.15, 0.2) is 18.2 Å². The van der Waals surface area contributed by atoms with E-state index in [0.29, 0.717) is 28.8 Å². The zero-order valence-electron chi connectivity index (χ0n) is 11.2. The van der Waals surface area contributed by atoms with Crippen molar-refractivity contribution >= 4 is 40.9 Å². The number of benzene rings is 1. The lowest BCUT2D eigenvalue weighted by atomic mass is 9.97. The summed E-state index contributed by atoms with van der Waals surface area (Å²) in [6.07, 6.45) is 0. The number of carboxylic acids is 1. The molecule has 1 fully saturated rings. The minimum absolute atomic E-state index is 0.300. The van der Waals surface area contributed by atoms with Crippen LogP contribution >= 0.6 is 23.2 Å². The summed E-state index contributed by atoms with van der Waals surface area (Å²) >= 11 is 11.9. The number of hydrogen-bond acceptors (Lipinski definition) is 3. The molecule has 0 radical (unpaired) electrons. The fourth-order valence-electron chi connectivity index (χ4n) is 2.04. The fourth-order valence-corrected chi connectivity index (χ4v) is 2.53. The van der Waals surface area contributed by atoms with Crippen molar-refractivity contribution in [1.82, 2.24) is 4.90 Å². The molecule has 2 N–H and O–H groups in total. The van der Waals surface area contributed by atoms with E-state index < -0.39 is 11.6 Å². The second-order valence-corrected chi connectivity index (χ2v) is 5.83. The topological polar surface area (TPSA) is 78.9 Å². The van der Waals surface area contributed by atoms with E-state index in [-0.39, 0.29) is 12.6 Å². The molecule has 0 aliphatic carbocycles. The Kier molecular flexibility index (Phi) is 4.61. The van der Waals surface area contributed by atoms with Crippen LogP contribution in [-0.4, -0.2) is 47.3 Å². The molecule has 21 heavy (non-hydrogen) atoms. The molecule has 0 atom stereocenters. The first-order chi connectivity index (χ1) is 9.81. The monoisotopic (exact) mass is 332 g/mol. The summed E-state index contributed by atoms with van der Waals surface area (Å²) in [4.78, 5) is 24.0. The fraction of sp³-hybridized carbons (Fsp3) is 0.385. The lowest BCUT2D eigenvalue weighted by molar-refractivity contribution is -0.159. The van der Waals surface area contributed by atoms with E-state index in [1.54, 1.807) is 25.1 Å². The molecule has 2 amide bonds. The molecule has 1 saturated heterocycles. The third kappa shape index (κ3) is 3.78. The maximum absolute atomic E-state index is 12.1. The van der Waals surface area contributed by atoms with E-state index in [4.69, 9.17) is 33.0 Å². The normalized spacial score (nSPS) is 16.2. The molecule has 0 saturated carbocycles. The van der Waals surface area contributed by atoms with Gasteiger partial charge in [0.05, 0.1) is 28.8 Å². The van der Waals surface area contributed by atoms with Crippen LogP contribution in [0.2, 0.25) is 10.0 Å². The molecule has 0 unspecified atom stereocenters. The average Bonchev–Trinajstić information content (AvgIpc) is 2.37. The van der Waals surface area contributed by atoms with E-state index in [1.807, 2.05) is 0 Å². The number of carboxylic acid groups (broad SMARTS) is 1. The van der Waals surface area contributed by atoms with Crippen LogP contribution in [0.25, 0.3) is 0 Å². The minimum Gasteiger partial charge on any atom is -0.480 e. The Morgan fingerprint density at radius 1 is 1.38 bits per heavy atom. The molecule has 1 aliphatic rings. The third-order valence-corrected chi connectivity index (χ3v) is 3.71. The number of urea groups is 1. The van der Waals surface area contributed by atoms with Crippen LogP contribution in [0, 0.1) is 0 Å². The zero-order valence-corrected chi connectivity index (χ0v) is 12.7. The van der Waals surface area contributed by atoms with Crippen LogP contribution in [0.1, 0.15) is 6.92 Å². The van der Waals surface area contributed by atoms with Crippen molar-refractivity contribution in [2.75, 3.05) is 25.0 Å². The molecule has 0 spiro atoms. The van der Waals surface area contributed by atoms with Crippen molar-refractivity contribution in [3.05, 3.63) is 28.2 Å². The zero-order chi connectivity index (χ0) is 15.6. The number of halogens is 2. The lowest BCUT2D eigenvalue weighted by Crippen LogP contribution is -2.64. The molecule has 114 valence electrons. The maximum Gasteiger partial charge on any atom is 0.329 e.